The van der Waals surface area contributed by atoms with E-state index in [0.29, 0.717) is 38.0 Å². The van der Waals surface area contributed by atoms with Crippen LogP contribution in [0.1, 0.15) is 148 Å². The lowest BCUT2D eigenvalue weighted by Crippen LogP contribution is -2.66. The predicted octanol–water partition coefficient (Wildman–Crippen LogP) is 5.95. The van der Waals surface area contributed by atoms with Gasteiger partial charge in [-0.15, -0.1) is 6.58 Å². The van der Waals surface area contributed by atoms with Crippen LogP contribution < -0.4 is 10.6 Å². The number of cyclic esters (lactones) is 1. The Morgan fingerprint density at radius 1 is 0.870 bits per heavy atom. The van der Waals surface area contributed by atoms with Crippen molar-refractivity contribution in [2.45, 2.75) is 190 Å². The number of hydrogen-bond donors (Lipinski definition) is 4. The normalized spacial score (nSPS) is 41.7. The van der Waals surface area contributed by atoms with Gasteiger partial charge in [0.2, 0.25) is 11.8 Å². The number of morpholine rings is 1. The van der Waals surface area contributed by atoms with E-state index in [1.165, 1.54) is 12.8 Å². The fraction of sp³-hybridized carbons (Fsp3) is 0.844. The number of carbonyl (C=O) groups is 3. The van der Waals surface area contributed by atoms with Crippen molar-refractivity contribution in [2.24, 2.45) is 40.9 Å². The monoisotopic (exact) mass is 746 g/mol. The summed E-state index contributed by atoms with van der Waals surface area (Å²) in [5, 5.41) is 28.9. The van der Waals surface area contributed by atoms with Crippen LogP contribution in [0.25, 0.3) is 0 Å². The van der Waals surface area contributed by atoms with Crippen LogP contribution >= 0.6 is 0 Å². The summed E-state index contributed by atoms with van der Waals surface area (Å²) >= 11 is 0. The largest absolute Gasteiger partial charge is 0.459 e. The Hall–Kier alpha value is -2.41. The lowest BCUT2D eigenvalue weighted by molar-refractivity contribution is -0.190. The molecule has 1 spiro atoms. The summed E-state index contributed by atoms with van der Waals surface area (Å²) in [7, 11) is 0. The van der Waals surface area contributed by atoms with Gasteiger partial charge in [-0.25, -0.2) is 0 Å². The highest BCUT2D eigenvalue weighted by Gasteiger charge is 2.77. The number of rotatable bonds is 6. The van der Waals surface area contributed by atoms with Crippen LogP contribution in [-0.4, -0.2) is 81.4 Å². The average Bonchev–Trinajstić information content (AvgIpc) is 3.55. The maximum atomic E-state index is 15.4. The molecule has 8 rings (SSSR count). The molecule has 0 bridgehead atoms. The van der Waals surface area contributed by atoms with Gasteiger partial charge in [-0.1, -0.05) is 69.3 Å². The maximum Gasteiger partial charge on any atom is 0.324 e. The molecule has 8 aliphatic rings. The van der Waals surface area contributed by atoms with Crippen LogP contribution in [0.3, 0.4) is 0 Å². The molecule has 5 aliphatic carbocycles. The molecule has 9 heteroatoms. The molecule has 9 atom stereocenters. The molecule has 3 aliphatic heterocycles. The molecule has 0 aromatic heterocycles. The molecule has 54 heavy (non-hydrogen) atoms. The summed E-state index contributed by atoms with van der Waals surface area (Å²) in [4.78, 5) is 47.8. The molecule has 5 saturated carbocycles. The first-order valence-corrected chi connectivity index (χ1v) is 22.4. The van der Waals surface area contributed by atoms with Gasteiger partial charge in [0.15, 0.2) is 0 Å². The molecule has 3 heterocycles. The Morgan fingerprint density at radius 2 is 1.52 bits per heavy atom. The first kappa shape index (κ1) is 38.5. The zero-order chi connectivity index (χ0) is 37.5. The van der Waals surface area contributed by atoms with Crippen molar-refractivity contribution in [3.05, 3.63) is 12.7 Å². The second-order valence-electron chi connectivity index (χ2n) is 18.9. The first-order valence-electron chi connectivity index (χ1n) is 22.4. The molecule has 8 fully saturated rings. The van der Waals surface area contributed by atoms with Gasteiger partial charge in [-0.05, 0) is 120 Å². The van der Waals surface area contributed by atoms with E-state index in [2.05, 4.69) is 34.0 Å². The van der Waals surface area contributed by atoms with Crippen LogP contribution in [0.2, 0.25) is 0 Å². The number of nitrogens with one attached hydrogen (secondary N) is 2. The molecule has 3 unspecified atom stereocenters. The van der Waals surface area contributed by atoms with E-state index in [4.69, 9.17) is 4.74 Å². The summed E-state index contributed by atoms with van der Waals surface area (Å²) in [5.41, 5.74) is -2.12. The zero-order valence-electron chi connectivity index (χ0n) is 32.7. The molecule has 2 amide bonds. The third kappa shape index (κ3) is 6.97. The Morgan fingerprint density at radius 3 is 2.19 bits per heavy atom. The van der Waals surface area contributed by atoms with Crippen molar-refractivity contribution in [1.29, 1.82) is 0 Å². The van der Waals surface area contributed by atoms with Gasteiger partial charge >= 0.3 is 5.97 Å². The standard InChI is InChI=1S/C45H67N3O6/c1-2-27-46-41(50)36-38-42(51)54-39(31-15-9-6-10-16-31)37(30-13-7-5-8-14-30)48(38)40(32-18-20-33(49)21-19-32)45(36)34-28-29(17-22-35(34)47-43(45)52)23-26-44(53)24-11-3-4-12-25-44/h2,29-40,49,53H,1,3-22,24-25,27-28H2,(H,46,50)(H,47,52)/t29?,32?,33?,34?,35?,36-,37-,38-,39+,40+,45-/m1/s1. The fourth-order valence-corrected chi connectivity index (χ4v) is 13.5. The van der Waals surface area contributed by atoms with E-state index in [9.17, 15) is 19.8 Å². The highest BCUT2D eigenvalue weighted by molar-refractivity contribution is 5.99. The summed E-state index contributed by atoms with van der Waals surface area (Å²) in [6.45, 7) is 4.14. The van der Waals surface area contributed by atoms with E-state index < -0.39 is 23.0 Å². The molecule has 9 nitrogen and oxygen atoms in total. The minimum Gasteiger partial charge on any atom is -0.459 e. The number of hydrogen-bond acceptors (Lipinski definition) is 7. The number of ether oxygens (including phenoxy) is 1. The van der Waals surface area contributed by atoms with Crippen molar-refractivity contribution in [3.8, 4) is 11.8 Å². The second kappa shape index (κ2) is 16.2. The zero-order valence-corrected chi connectivity index (χ0v) is 32.7. The Kier molecular flexibility index (Phi) is 11.6. The third-order valence-electron chi connectivity index (χ3n) is 15.9. The van der Waals surface area contributed by atoms with Gasteiger partial charge in [-0.3, -0.25) is 19.3 Å². The molecule has 0 aromatic carbocycles. The van der Waals surface area contributed by atoms with E-state index in [-0.39, 0.29) is 78.3 Å². The number of amides is 2. The van der Waals surface area contributed by atoms with Gasteiger partial charge < -0.3 is 25.6 Å². The average molecular weight is 746 g/mol. The van der Waals surface area contributed by atoms with E-state index in [1.54, 1.807) is 6.08 Å². The molecular formula is C45H67N3O6. The van der Waals surface area contributed by atoms with Gasteiger partial charge in [0.25, 0.3) is 0 Å². The molecular weight excluding hydrogens is 679 g/mol. The minimum absolute atomic E-state index is 0.0116. The molecule has 298 valence electrons. The lowest BCUT2D eigenvalue weighted by Gasteiger charge is -2.54. The lowest BCUT2D eigenvalue weighted by atomic mass is 9.55. The molecule has 0 radical (unpaired) electrons. The van der Waals surface area contributed by atoms with Crippen molar-refractivity contribution >= 4 is 17.8 Å². The first-order chi connectivity index (χ1) is 26.2. The highest BCUT2D eigenvalue weighted by Crippen LogP contribution is 2.64. The highest BCUT2D eigenvalue weighted by atomic mass is 16.6. The topological polar surface area (TPSA) is 128 Å². The summed E-state index contributed by atoms with van der Waals surface area (Å²) in [6, 6.07) is -1.32. The third-order valence-corrected chi connectivity index (χ3v) is 15.9. The molecule has 4 N–H and O–H groups in total. The van der Waals surface area contributed by atoms with Crippen LogP contribution in [0, 0.1) is 52.8 Å². The van der Waals surface area contributed by atoms with Crippen molar-refractivity contribution < 1.29 is 29.3 Å². The van der Waals surface area contributed by atoms with Crippen molar-refractivity contribution in [2.75, 3.05) is 6.54 Å². The number of esters is 1. The van der Waals surface area contributed by atoms with Gasteiger partial charge in [0.1, 0.15) is 17.7 Å². The number of nitrogens with zero attached hydrogens (tertiary/aromatic N) is 1. The van der Waals surface area contributed by atoms with Gasteiger partial charge in [0.05, 0.1) is 23.5 Å². The van der Waals surface area contributed by atoms with Crippen molar-refractivity contribution in [1.82, 2.24) is 15.5 Å². The quantitative estimate of drug-likeness (QED) is 0.115. The van der Waals surface area contributed by atoms with Crippen LogP contribution in [-0.2, 0) is 19.1 Å². The van der Waals surface area contributed by atoms with E-state index >= 15 is 4.79 Å². The van der Waals surface area contributed by atoms with E-state index in [0.717, 1.165) is 103 Å². The summed E-state index contributed by atoms with van der Waals surface area (Å²) in [5.74, 6) is 5.81. The predicted molar refractivity (Wildman–Crippen MR) is 207 cm³/mol. The number of aliphatic hydroxyl groups excluding tert-OH is 1. The van der Waals surface area contributed by atoms with Crippen LogP contribution in [0.4, 0.5) is 0 Å². The van der Waals surface area contributed by atoms with Crippen LogP contribution in [0.15, 0.2) is 12.7 Å². The Labute approximate surface area is 323 Å². The van der Waals surface area contributed by atoms with Crippen molar-refractivity contribution in [3.63, 3.8) is 0 Å². The smallest absolute Gasteiger partial charge is 0.324 e. The number of fused-ring (bicyclic) bond motifs is 3. The molecule has 3 saturated heterocycles. The van der Waals surface area contributed by atoms with E-state index in [1.807, 2.05) is 0 Å². The molecule has 0 aromatic rings. The number of carbonyl (C=O) groups excluding carboxylic acids is 3. The Bertz CT molecular complexity index is 1440. The fourth-order valence-electron chi connectivity index (χ4n) is 13.5. The van der Waals surface area contributed by atoms with Crippen LogP contribution in [0.5, 0.6) is 0 Å². The SMILES string of the molecule is C=CCNC(=O)[C@H]1[C@@H]2C(=O)O[C@@H](C3CCCCC3)[C@@H](C3CCCCC3)N2[C@@H](C2CCC(O)CC2)[C@]12C(=O)NC1CCC(C#CC3(O)CCCCCC3)CC12. The summed E-state index contributed by atoms with van der Waals surface area (Å²) < 4.78 is 6.76. The second-order valence-corrected chi connectivity index (χ2v) is 18.9. The van der Waals surface area contributed by atoms with Gasteiger partial charge in [0, 0.05) is 24.5 Å². The summed E-state index contributed by atoms with van der Waals surface area (Å²) in [6.07, 6.45) is 23.0. The number of aliphatic hydroxyl groups is 2. The maximum absolute atomic E-state index is 15.4. The minimum atomic E-state index is -1.15. The van der Waals surface area contributed by atoms with Gasteiger partial charge in [-0.2, -0.15) is 0 Å². The Balaban J connectivity index is 1.26.